The number of hydrogen-bond donors (Lipinski definition) is 1. The van der Waals surface area contributed by atoms with Gasteiger partial charge in [-0.15, -0.1) is 0 Å². The van der Waals surface area contributed by atoms with Crippen molar-refractivity contribution in [1.29, 1.82) is 0 Å². The molecule has 1 aliphatic heterocycles. The molecule has 1 aromatic heterocycles. The van der Waals surface area contributed by atoms with Crippen LogP contribution in [0.25, 0.3) is 11.4 Å². The second-order valence-electron chi connectivity index (χ2n) is 5.78. The minimum absolute atomic E-state index is 0.180. The van der Waals surface area contributed by atoms with Gasteiger partial charge >= 0.3 is 0 Å². The Bertz CT molecular complexity index is 978. The van der Waals surface area contributed by atoms with Crippen LogP contribution in [0.1, 0.15) is 23.6 Å². The quantitative estimate of drug-likeness (QED) is 0.591. The number of aryl methyl sites for hydroxylation is 1. The number of aromatic nitrogens is 2. The third-order valence-electron chi connectivity index (χ3n) is 4.21. The number of rotatable bonds is 2. The van der Waals surface area contributed by atoms with Crippen molar-refractivity contribution in [3.63, 3.8) is 0 Å². The van der Waals surface area contributed by atoms with E-state index < -0.39 is 0 Å². The van der Waals surface area contributed by atoms with Crippen LogP contribution in [-0.4, -0.2) is 9.97 Å². The maximum atomic E-state index is 12.5. The van der Waals surface area contributed by atoms with Gasteiger partial charge in [-0.1, -0.05) is 42.8 Å². The summed E-state index contributed by atoms with van der Waals surface area (Å²) in [5, 5.41) is 0.623. The van der Waals surface area contributed by atoms with E-state index in [-0.39, 0.29) is 5.56 Å². The largest absolute Gasteiger partial charge is 0.438 e. The molecule has 24 heavy (non-hydrogen) atoms. The summed E-state index contributed by atoms with van der Waals surface area (Å²) in [6.07, 6.45) is 1.43. The Labute approximate surface area is 144 Å². The van der Waals surface area contributed by atoms with Gasteiger partial charge in [-0.05, 0) is 30.2 Å². The van der Waals surface area contributed by atoms with Gasteiger partial charge in [0.25, 0.3) is 5.56 Å². The molecule has 3 aromatic rings. The molecule has 0 bridgehead atoms. The zero-order valence-electron chi connectivity index (χ0n) is 13.1. The number of halogens is 1. The Morgan fingerprint density at radius 2 is 2.00 bits per heavy atom. The summed E-state index contributed by atoms with van der Waals surface area (Å²) in [7, 11) is 0. The molecule has 4 nitrogen and oxygen atoms in total. The first kappa shape index (κ1) is 15.0. The first-order valence-corrected chi connectivity index (χ1v) is 8.20. The van der Waals surface area contributed by atoms with Crippen molar-refractivity contribution in [2.45, 2.75) is 19.8 Å². The number of aromatic amines is 1. The summed E-state index contributed by atoms with van der Waals surface area (Å²) < 4.78 is 5.83. The summed E-state index contributed by atoms with van der Waals surface area (Å²) in [4.78, 5) is 19.8. The van der Waals surface area contributed by atoms with Crippen molar-refractivity contribution in [3.8, 4) is 23.0 Å². The minimum Gasteiger partial charge on any atom is -0.438 e. The highest BCUT2D eigenvalue weighted by Gasteiger charge is 2.22. The number of nitrogens with zero attached hydrogens (tertiary/aromatic N) is 1. The zero-order valence-corrected chi connectivity index (χ0v) is 13.9. The first-order chi connectivity index (χ1) is 11.6. The average molecular weight is 339 g/mol. The number of hydrogen-bond acceptors (Lipinski definition) is 3. The van der Waals surface area contributed by atoms with E-state index in [0.717, 1.165) is 17.5 Å². The lowest BCUT2D eigenvalue weighted by Crippen LogP contribution is -2.20. The van der Waals surface area contributed by atoms with Gasteiger partial charge in [0.15, 0.2) is 0 Å². The van der Waals surface area contributed by atoms with Crippen molar-refractivity contribution >= 4 is 11.6 Å². The van der Waals surface area contributed by atoms with E-state index in [9.17, 15) is 4.79 Å². The zero-order chi connectivity index (χ0) is 16.7. The van der Waals surface area contributed by atoms with Crippen LogP contribution < -0.4 is 10.3 Å². The SMILES string of the molecule is CCc1ccc(-c2nc3c(c(=O)[nH]2)Cc2cc(Cl)ccc2O3)cc1. The molecule has 5 heteroatoms. The van der Waals surface area contributed by atoms with Gasteiger partial charge < -0.3 is 9.72 Å². The molecule has 0 aliphatic carbocycles. The summed E-state index contributed by atoms with van der Waals surface area (Å²) in [6, 6.07) is 13.4. The smallest absolute Gasteiger partial charge is 0.258 e. The normalized spacial score (nSPS) is 12.2. The maximum absolute atomic E-state index is 12.5. The van der Waals surface area contributed by atoms with E-state index in [2.05, 4.69) is 16.9 Å². The molecule has 0 amide bonds. The summed E-state index contributed by atoms with van der Waals surface area (Å²) in [5.41, 5.74) is 3.33. The molecular formula is C19H15ClN2O2. The molecule has 0 fully saturated rings. The van der Waals surface area contributed by atoms with E-state index >= 15 is 0 Å². The average Bonchev–Trinajstić information content (AvgIpc) is 2.60. The number of fused-ring (bicyclic) bond motifs is 2. The van der Waals surface area contributed by atoms with E-state index in [4.69, 9.17) is 16.3 Å². The third kappa shape index (κ3) is 2.59. The van der Waals surface area contributed by atoms with Crippen molar-refractivity contribution in [1.82, 2.24) is 9.97 Å². The molecule has 0 atom stereocenters. The molecule has 0 saturated carbocycles. The molecular weight excluding hydrogens is 324 g/mol. The van der Waals surface area contributed by atoms with Crippen LogP contribution in [0.2, 0.25) is 5.02 Å². The highest BCUT2D eigenvalue weighted by molar-refractivity contribution is 6.30. The highest BCUT2D eigenvalue weighted by Crippen LogP contribution is 2.35. The van der Waals surface area contributed by atoms with Crippen molar-refractivity contribution in [2.75, 3.05) is 0 Å². The van der Waals surface area contributed by atoms with Crippen molar-refractivity contribution < 1.29 is 4.74 Å². The molecule has 1 N–H and O–H groups in total. The molecule has 120 valence electrons. The fourth-order valence-corrected chi connectivity index (χ4v) is 3.03. The van der Waals surface area contributed by atoms with Gasteiger partial charge in [0.2, 0.25) is 5.88 Å². The Kier molecular flexibility index (Phi) is 3.62. The lowest BCUT2D eigenvalue weighted by molar-refractivity contribution is 0.438. The van der Waals surface area contributed by atoms with Crippen molar-refractivity contribution in [2.24, 2.45) is 0 Å². The molecule has 0 spiro atoms. The fraction of sp³-hybridized carbons (Fsp3) is 0.158. The Balaban J connectivity index is 1.77. The van der Waals surface area contributed by atoms with Crippen molar-refractivity contribution in [3.05, 3.63) is 74.5 Å². The van der Waals surface area contributed by atoms with E-state index in [1.165, 1.54) is 5.56 Å². The van der Waals surface area contributed by atoms with Crippen LogP contribution in [0, 0.1) is 0 Å². The third-order valence-corrected chi connectivity index (χ3v) is 4.44. The second-order valence-corrected chi connectivity index (χ2v) is 6.22. The van der Waals surface area contributed by atoms with Crippen LogP contribution in [0.15, 0.2) is 47.3 Å². The lowest BCUT2D eigenvalue weighted by atomic mass is 10.0. The highest BCUT2D eigenvalue weighted by atomic mass is 35.5. The molecule has 2 aromatic carbocycles. The lowest BCUT2D eigenvalue weighted by Gasteiger charge is -2.19. The van der Waals surface area contributed by atoms with Gasteiger partial charge in [0.1, 0.15) is 11.6 Å². The number of benzene rings is 2. The molecule has 4 rings (SSSR count). The topological polar surface area (TPSA) is 55.0 Å². The standard InChI is InChI=1S/C19H15ClN2O2/c1-2-11-3-5-12(6-4-11)17-21-18(23)15-10-13-9-14(20)7-8-16(13)24-19(15)22-17/h3-9H,2,10H2,1H3,(H,21,22,23). The molecule has 0 radical (unpaired) electrons. The molecule has 2 heterocycles. The van der Waals surface area contributed by atoms with E-state index in [1.54, 1.807) is 12.1 Å². The van der Waals surface area contributed by atoms with Crippen LogP contribution in [0.4, 0.5) is 0 Å². The first-order valence-electron chi connectivity index (χ1n) is 7.83. The summed E-state index contributed by atoms with van der Waals surface area (Å²) >= 11 is 6.02. The van der Waals surface area contributed by atoms with Gasteiger partial charge in [0.05, 0.1) is 5.56 Å². The maximum Gasteiger partial charge on any atom is 0.258 e. The van der Waals surface area contributed by atoms with Crippen LogP contribution in [0.5, 0.6) is 11.6 Å². The molecule has 0 unspecified atom stereocenters. The molecule has 1 aliphatic rings. The Morgan fingerprint density at radius 1 is 1.21 bits per heavy atom. The van der Waals surface area contributed by atoms with Gasteiger partial charge in [-0.2, -0.15) is 4.98 Å². The van der Waals surface area contributed by atoms with Crippen LogP contribution >= 0.6 is 11.6 Å². The number of ether oxygens (including phenoxy) is 1. The Morgan fingerprint density at radius 3 is 2.75 bits per heavy atom. The monoisotopic (exact) mass is 338 g/mol. The second kappa shape index (κ2) is 5.80. The number of nitrogens with one attached hydrogen (secondary N) is 1. The van der Waals surface area contributed by atoms with E-state index in [1.807, 2.05) is 30.3 Å². The number of H-pyrrole nitrogens is 1. The molecule has 0 saturated heterocycles. The van der Waals surface area contributed by atoms with Gasteiger partial charge in [-0.25, -0.2) is 0 Å². The predicted molar refractivity (Wildman–Crippen MR) is 94.0 cm³/mol. The summed E-state index contributed by atoms with van der Waals surface area (Å²) in [5.74, 6) is 1.57. The van der Waals surface area contributed by atoms with Gasteiger partial charge in [0, 0.05) is 22.6 Å². The van der Waals surface area contributed by atoms with Crippen LogP contribution in [0.3, 0.4) is 0 Å². The predicted octanol–water partition coefficient (Wildman–Crippen LogP) is 4.35. The van der Waals surface area contributed by atoms with Gasteiger partial charge in [-0.3, -0.25) is 4.79 Å². The van der Waals surface area contributed by atoms with Crippen LogP contribution in [-0.2, 0) is 12.8 Å². The summed E-state index contributed by atoms with van der Waals surface area (Å²) in [6.45, 7) is 2.10. The van der Waals surface area contributed by atoms with E-state index in [0.29, 0.717) is 34.5 Å². The minimum atomic E-state index is -0.180. The fourth-order valence-electron chi connectivity index (χ4n) is 2.83. The Hall–Kier alpha value is -2.59.